The molecule has 2 aliphatic rings. The Kier molecular flexibility index (Phi) is 9.09. The third-order valence-electron chi connectivity index (χ3n) is 7.75. The Balaban J connectivity index is 1.62. The average molecular weight is 632 g/mol. The first-order valence-electron chi connectivity index (χ1n) is 13.7. The molecule has 0 aliphatic carbocycles. The molecule has 4 heterocycles. The predicted molar refractivity (Wildman–Crippen MR) is 163 cm³/mol. The molecule has 43 heavy (non-hydrogen) atoms. The molecular formula is C29H32Cl2N6O6. The number of methoxy groups -OCH3 is 2. The van der Waals surface area contributed by atoms with Crippen molar-refractivity contribution in [2.75, 3.05) is 45.8 Å². The number of anilines is 1. The van der Waals surface area contributed by atoms with Gasteiger partial charge in [-0.05, 0) is 24.5 Å². The summed E-state index contributed by atoms with van der Waals surface area (Å²) in [4.78, 5) is 49.2. The Hall–Kier alpha value is -3.87. The number of amides is 2. The van der Waals surface area contributed by atoms with Gasteiger partial charge in [-0.15, -0.1) is 0 Å². The van der Waals surface area contributed by atoms with Crippen LogP contribution in [0.5, 0.6) is 11.5 Å². The molecule has 3 atom stereocenters. The number of pyridine rings is 1. The van der Waals surface area contributed by atoms with Gasteiger partial charge in [0.05, 0.1) is 55.1 Å². The number of hydrogen-bond donors (Lipinski definition) is 2. The van der Waals surface area contributed by atoms with Crippen LogP contribution in [0.15, 0.2) is 35.8 Å². The van der Waals surface area contributed by atoms with E-state index in [1.54, 1.807) is 27.8 Å². The number of aromatic nitrogens is 3. The summed E-state index contributed by atoms with van der Waals surface area (Å²) in [7, 11) is 2.92. The quantitative estimate of drug-likeness (QED) is 0.342. The maximum absolute atomic E-state index is 14.3. The molecule has 0 bridgehead atoms. The van der Waals surface area contributed by atoms with Crippen molar-refractivity contribution in [2.24, 2.45) is 5.92 Å². The van der Waals surface area contributed by atoms with E-state index in [1.165, 1.54) is 27.2 Å². The fourth-order valence-corrected chi connectivity index (χ4v) is 6.18. The Morgan fingerprint density at radius 3 is 2.49 bits per heavy atom. The largest absolute Gasteiger partial charge is 0.495 e. The van der Waals surface area contributed by atoms with Gasteiger partial charge in [0, 0.05) is 49.8 Å². The summed E-state index contributed by atoms with van der Waals surface area (Å²) in [5.41, 5.74) is 0.503. The summed E-state index contributed by atoms with van der Waals surface area (Å²) >= 11 is 13.4. The van der Waals surface area contributed by atoms with Gasteiger partial charge in [-0.1, -0.05) is 29.8 Å². The van der Waals surface area contributed by atoms with Gasteiger partial charge in [0.25, 0.3) is 5.56 Å². The number of likely N-dealkylation sites (tertiary alicyclic amines) is 1. The van der Waals surface area contributed by atoms with Crippen molar-refractivity contribution in [3.05, 3.63) is 51.4 Å². The van der Waals surface area contributed by atoms with Crippen LogP contribution in [0.4, 0.5) is 5.95 Å². The summed E-state index contributed by atoms with van der Waals surface area (Å²) < 4.78 is 18.0. The zero-order valence-corrected chi connectivity index (χ0v) is 25.5. The Morgan fingerprint density at radius 1 is 1.16 bits per heavy atom. The highest BCUT2D eigenvalue weighted by molar-refractivity contribution is 6.41. The molecular weight excluding hydrogens is 599 g/mol. The molecule has 2 aromatic heterocycles. The second-order valence-corrected chi connectivity index (χ2v) is 11.2. The van der Waals surface area contributed by atoms with Crippen LogP contribution in [-0.4, -0.2) is 83.9 Å². The zero-order valence-electron chi connectivity index (χ0n) is 24.0. The maximum Gasteiger partial charge on any atom is 0.260 e. The summed E-state index contributed by atoms with van der Waals surface area (Å²) in [6, 6.07) is 2.58. The van der Waals surface area contributed by atoms with Crippen LogP contribution in [0, 0.1) is 5.92 Å². The molecule has 3 unspecified atom stereocenters. The van der Waals surface area contributed by atoms with E-state index in [0.29, 0.717) is 55.4 Å². The number of fused-ring (bicyclic) bond motifs is 1. The molecule has 2 aliphatic heterocycles. The van der Waals surface area contributed by atoms with Gasteiger partial charge in [0.1, 0.15) is 17.1 Å². The monoisotopic (exact) mass is 630 g/mol. The van der Waals surface area contributed by atoms with Crippen LogP contribution >= 0.6 is 23.2 Å². The molecule has 2 saturated heterocycles. The third-order valence-corrected chi connectivity index (χ3v) is 8.50. The second-order valence-electron chi connectivity index (χ2n) is 10.5. The second kappa shape index (κ2) is 12.8. The fraction of sp³-hybridized carbons (Fsp3) is 0.414. The standard InChI is InChI=1S/C29H32Cl2N6O6/c1-5-23(39)33-19-13-43-14-20(19)34-29-32-10-17-8-18(24-25(30)21(41-3)9-22(42-4)26(24)31)28(40)37(27(17)35-29)12-16-6-7-36(11-16)15(2)38/h5,8-10,16,19-20H,1,6-7,11-14H2,2-4H3,(H,33,39)(H,32,34,35). The summed E-state index contributed by atoms with van der Waals surface area (Å²) in [5, 5.41) is 6.95. The first kappa shape index (κ1) is 30.6. The molecule has 0 saturated carbocycles. The highest BCUT2D eigenvalue weighted by atomic mass is 35.5. The lowest BCUT2D eigenvalue weighted by Gasteiger charge is -2.21. The van der Waals surface area contributed by atoms with E-state index >= 15 is 0 Å². The van der Waals surface area contributed by atoms with Crippen LogP contribution in [0.1, 0.15) is 13.3 Å². The number of benzene rings is 1. The molecule has 0 radical (unpaired) electrons. The number of rotatable bonds is 9. The molecule has 0 spiro atoms. The highest BCUT2D eigenvalue weighted by Crippen LogP contribution is 2.45. The van der Waals surface area contributed by atoms with Crippen molar-refractivity contribution in [2.45, 2.75) is 32.0 Å². The number of ether oxygens (including phenoxy) is 3. The molecule has 2 N–H and O–H groups in total. The molecule has 14 heteroatoms. The van der Waals surface area contributed by atoms with Crippen molar-refractivity contribution in [1.29, 1.82) is 0 Å². The zero-order chi connectivity index (χ0) is 30.8. The smallest absolute Gasteiger partial charge is 0.260 e. The van der Waals surface area contributed by atoms with Crippen LogP contribution in [0.25, 0.3) is 22.2 Å². The number of nitrogens with zero attached hydrogens (tertiary/aromatic N) is 4. The van der Waals surface area contributed by atoms with Gasteiger partial charge in [0.2, 0.25) is 17.8 Å². The van der Waals surface area contributed by atoms with Crippen molar-refractivity contribution in [1.82, 2.24) is 24.8 Å². The van der Waals surface area contributed by atoms with Gasteiger partial charge >= 0.3 is 0 Å². The van der Waals surface area contributed by atoms with E-state index in [9.17, 15) is 14.4 Å². The highest BCUT2D eigenvalue weighted by Gasteiger charge is 2.31. The van der Waals surface area contributed by atoms with Crippen LogP contribution in [0.3, 0.4) is 0 Å². The summed E-state index contributed by atoms with van der Waals surface area (Å²) in [6.45, 7) is 7.10. The Bertz CT molecular complexity index is 1620. The van der Waals surface area contributed by atoms with E-state index in [1.807, 2.05) is 0 Å². The molecule has 3 aromatic rings. The normalized spacial score (nSPS) is 19.8. The Morgan fingerprint density at radius 2 is 1.86 bits per heavy atom. The van der Waals surface area contributed by atoms with E-state index in [2.05, 4.69) is 22.2 Å². The van der Waals surface area contributed by atoms with Crippen molar-refractivity contribution in [3.8, 4) is 22.6 Å². The lowest BCUT2D eigenvalue weighted by atomic mass is 10.0. The minimum Gasteiger partial charge on any atom is -0.495 e. The molecule has 2 amide bonds. The number of halogens is 2. The van der Waals surface area contributed by atoms with Crippen LogP contribution in [-0.2, 0) is 20.9 Å². The number of nitrogens with one attached hydrogen (secondary N) is 2. The molecule has 12 nitrogen and oxygen atoms in total. The predicted octanol–water partition coefficient (Wildman–Crippen LogP) is 3.13. The van der Waals surface area contributed by atoms with E-state index in [4.69, 9.17) is 42.4 Å². The maximum atomic E-state index is 14.3. The molecule has 228 valence electrons. The van der Waals surface area contributed by atoms with Crippen molar-refractivity contribution in [3.63, 3.8) is 0 Å². The summed E-state index contributed by atoms with van der Waals surface area (Å²) in [6.07, 6.45) is 3.53. The van der Waals surface area contributed by atoms with Crippen LogP contribution in [0.2, 0.25) is 10.0 Å². The van der Waals surface area contributed by atoms with Crippen molar-refractivity contribution >= 4 is 52.0 Å². The minimum absolute atomic E-state index is 0.0128. The number of carbonyl (C=O) groups is 2. The van der Waals surface area contributed by atoms with E-state index in [-0.39, 0.29) is 62.5 Å². The van der Waals surface area contributed by atoms with Crippen molar-refractivity contribution < 1.29 is 23.8 Å². The number of carbonyl (C=O) groups excluding carboxylic acids is 2. The Labute approximate surface area is 257 Å². The third kappa shape index (κ3) is 6.13. The SMILES string of the molecule is C=CC(=O)NC1COCC1Nc1ncc2cc(-c3c(Cl)c(OC)cc(OC)c3Cl)c(=O)n(CC3CCN(C(C)=O)C3)c2n1. The molecule has 2 fully saturated rings. The fourth-order valence-electron chi connectivity index (χ4n) is 5.47. The van der Waals surface area contributed by atoms with Gasteiger partial charge in [0.15, 0.2) is 0 Å². The minimum atomic E-state index is -0.377. The van der Waals surface area contributed by atoms with E-state index < -0.39 is 0 Å². The van der Waals surface area contributed by atoms with Gasteiger partial charge < -0.3 is 29.7 Å². The lowest BCUT2D eigenvalue weighted by molar-refractivity contribution is -0.128. The lowest BCUT2D eigenvalue weighted by Crippen LogP contribution is -2.45. The van der Waals surface area contributed by atoms with Crippen LogP contribution < -0.4 is 25.7 Å². The molecule has 5 rings (SSSR count). The first-order chi connectivity index (χ1) is 20.6. The van der Waals surface area contributed by atoms with Gasteiger partial charge in [-0.2, -0.15) is 4.98 Å². The summed E-state index contributed by atoms with van der Waals surface area (Å²) in [5.74, 6) is 0.539. The van der Waals surface area contributed by atoms with E-state index in [0.717, 1.165) is 6.42 Å². The first-order valence-corrected chi connectivity index (χ1v) is 14.4. The molecule has 1 aromatic carbocycles. The number of hydrogen-bond acceptors (Lipinski definition) is 9. The van der Waals surface area contributed by atoms with Gasteiger partial charge in [-0.25, -0.2) is 4.98 Å². The average Bonchev–Trinajstić information content (AvgIpc) is 3.65. The van der Waals surface area contributed by atoms with Gasteiger partial charge in [-0.3, -0.25) is 19.0 Å². The topological polar surface area (TPSA) is 137 Å².